The van der Waals surface area contributed by atoms with Crippen molar-refractivity contribution >= 4 is 5.69 Å². The Labute approximate surface area is 112 Å². The summed E-state index contributed by atoms with van der Waals surface area (Å²) in [4.78, 5) is 8.82. The van der Waals surface area contributed by atoms with Gasteiger partial charge in [-0.05, 0) is 12.8 Å². The summed E-state index contributed by atoms with van der Waals surface area (Å²) in [6.45, 7) is 1.67. The van der Waals surface area contributed by atoms with Crippen LogP contribution in [0.2, 0.25) is 0 Å². The van der Waals surface area contributed by atoms with Crippen molar-refractivity contribution in [2.24, 2.45) is 0 Å². The Morgan fingerprint density at radius 3 is 2.37 bits per heavy atom. The van der Waals surface area contributed by atoms with Crippen molar-refractivity contribution in [1.29, 1.82) is 0 Å². The highest BCUT2D eigenvalue weighted by Gasteiger charge is 2.13. The molecule has 0 amide bonds. The van der Waals surface area contributed by atoms with Crippen LogP contribution in [0.4, 0.5) is 5.69 Å². The van der Waals surface area contributed by atoms with Crippen LogP contribution in [-0.2, 0) is 4.74 Å². The molecule has 1 saturated heterocycles. The minimum Gasteiger partial charge on any atom is -0.381 e. The molecule has 1 N–H and O–H groups in total. The van der Waals surface area contributed by atoms with E-state index in [1.807, 2.05) is 42.7 Å². The summed E-state index contributed by atoms with van der Waals surface area (Å²) in [6, 6.07) is 10.5. The van der Waals surface area contributed by atoms with E-state index >= 15 is 0 Å². The molecule has 2 aromatic rings. The van der Waals surface area contributed by atoms with Crippen molar-refractivity contribution in [2.75, 3.05) is 18.5 Å². The lowest BCUT2D eigenvalue weighted by Gasteiger charge is -2.23. The molecule has 98 valence electrons. The lowest BCUT2D eigenvalue weighted by Crippen LogP contribution is -2.27. The molecule has 1 aliphatic heterocycles. The van der Waals surface area contributed by atoms with E-state index in [2.05, 4.69) is 15.3 Å². The zero-order valence-corrected chi connectivity index (χ0v) is 10.7. The number of anilines is 1. The Bertz CT molecular complexity index is 507. The minimum atomic E-state index is 0.472. The molecule has 19 heavy (non-hydrogen) atoms. The smallest absolute Gasteiger partial charge is 0.159 e. The highest BCUT2D eigenvalue weighted by Crippen LogP contribution is 2.17. The van der Waals surface area contributed by atoms with Gasteiger partial charge < -0.3 is 10.1 Å². The molecule has 1 fully saturated rings. The van der Waals surface area contributed by atoms with Crippen LogP contribution in [0.15, 0.2) is 42.7 Å². The fourth-order valence-electron chi connectivity index (χ4n) is 2.22. The van der Waals surface area contributed by atoms with Crippen molar-refractivity contribution in [3.8, 4) is 11.4 Å². The van der Waals surface area contributed by atoms with Gasteiger partial charge in [0.15, 0.2) is 5.82 Å². The molecule has 1 aromatic carbocycles. The van der Waals surface area contributed by atoms with E-state index in [0.717, 1.165) is 43.1 Å². The minimum absolute atomic E-state index is 0.472. The molecule has 0 spiro atoms. The van der Waals surface area contributed by atoms with Crippen LogP contribution < -0.4 is 5.32 Å². The standard InChI is InChI=1S/C15H17N3O/c1-2-4-12(5-3-1)15-16-10-14(11-17-15)18-13-6-8-19-9-7-13/h1-5,10-11,13,18H,6-9H2. The molecule has 0 saturated carbocycles. The van der Waals surface area contributed by atoms with E-state index in [0.29, 0.717) is 6.04 Å². The zero-order valence-electron chi connectivity index (χ0n) is 10.7. The third-order valence-electron chi connectivity index (χ3n) is 3.28. The fourth-order valence-corrected chi connectivity index (χ4v) is 2.22. The molecule has 0 aliphatic carbocycles. The van der Waals surface area contributed by atoms with Crippen molar-refractivity contribution in [3.63, 3.8) is 0 Å². The third kappa shape index (κ3) is 3.09. The lowest BCUT2D eigenvalue weighted by atomic mass is 10.1. The summed E-state index contributed by atoms with van der Waals surface area (Å²) in [6.07, 6.45) is 5.79. The topological polar surface area (TPSA) is 47.0 Å². The van der Waals surface area contributed by atoms with Crippen LogP contribution in [0.25, 0.3) is 11.4 Å². The van der Waals surface area contributed by atoms with Crippen LogP contribution in [0, 0.1) is 0 Å². The van der Waals surface area contributed by atoms with Crippen molar-refractivity contribution in [2.45, 2.75) is 18.9 Å². The van der Waals surface area contributed by atoms with E-state index in [9.17, 15) is 0 Å². The maximum atomic E-state index is 5.34. The summed E-state index contributed by atoms with van der Waals surface area (Å²) in [5.74, 6) is 0.762. The van der Waals surface area contributed by atoms with E-state index < -0.39 is 0 Å². The van der Waals surface area contributed by atoms with E-state index in [4.69, 9.17) is 4.74 Å². The van der Waals surface area contributed by atoms with Gasteiger partial charge in [0.2, 0.25) is 0 Å². The third-order valence-corrected chi connectivity index (χ3v) is 3.28. The Balaban J connectivity index is 1.68. The molecule has 3 rings (SSSR count). The second-order valence-electron chi connectivity index (χ2n) is 4.69. The number of benzene rings is 1. The van der Waals surface area contributed by atoms with Gasteiger partial charge in [0.1, 0.15) is 0 Å². The molecule has 2 heterocycles. The van der Waals surface area contributed by atoms with Gasteiger partial charge in [-0.25, -0.2) is 9.97 Å². The number of rotatable bonds is 3. The SMILES string of the molecule is c1ccc(-c2ncc(NC3CCOCC3)cn2)cc1. The van der Waals surface area contributed by atoms with E-state index in [-0.39, 0.29) is 0 Å². The zero-order chi connectivity index (χ0) is 12.9. The summed E-state index contributed by atoms with van der Waals surface area (Å²) >= 11 is 0. The molecular formula is C15H17N3O. The molecule has 0 bridgehead atoms. The van der Waals surface area contributed by atoms with Crippen molar-refractivity contribution in [3.05, 3.63) is 42.7 Å². The quantitative estimate of drug-likeness (QED) is 0.916. The number of nitrogens with zero attached hydrogens (tertiary/aromatic N) is 2. The van der Waals surface area contributed by atoms with Crippen LogP contribution >= 0.6 is 0 Å². The maximum Gasteiger partial charge on any atom is 0.159 e. The first kappa shape index (κ1) is 12.1. The number of ether oxygens (including phenoxy) is 1. The van der Waals surface area contributed by atoms with Crippen molar-refractivity contribution in [1.82, 2.24) is 9.97 Å². The number of hydrogen-bond acceptors (Lipinski definition) is 4. The van der Waals surface area contributed by atoms with Gasteiger partial charge >= 0.3 is 0 Å². The van der Waals surface area contributed by atoms with Crippen LogP contribution in [-0.4, -0.2) is 29.2 Å². The first-order valence-corrected chi connectivity index (χ1v) is 6.63. The predicted octanol–water partition coefficient (Wildman–Crippen LogP) is 2.73. The fraction of sp³-hybridized carbons (Fsp3) is 0.333. The first-order valence-electron chi connectivity index (χ1n) is 6.63. The Kier molecular flexibility index (Phi) is 3.70. The molecule has 0 radical (unpaired) electrons. The highest BCUT2D eigenvalue weighted by molar-refractivity contribution is 5.55. The van der Waals surface area contributed by atoms with Gasteiger partial charge in [-0.2, -0.15) is 0 Å². The predicted molar refractivity (Wildman–Crippen MR) is 74.9 cm³/mol. The van der Waals surface area contributed by atoms with Crippen LogP contribution in [0.1, 0.15) is 12.8 Å². The average molecular weight is 255 g/mol. The van der Waals surface area contributed by atoms with Gasteiger partial charge in [0.25, 0.3) is 0 Å². The molecule has 1 aliphatic rings. The molecule has 0 unspecified atom stereocenters. The number of hydrogen-bond donors (Lipinski definition) is 1. The highest BCUT2D eigenvalue weighted by atomic mass is 16.5. The summed E-state index contributed by atoms with van der Waals surface area (Å²) < 4.78 is 5.34. The summed E-state index contributed by atoms with van der Waals surface area (Å²) in [7, 11) is 0. The maximum absolute atomic E-state index is 5.34. The lowest BCUT2D eigenvalue weighted by molar-refractivity contribution is 0.0904. The molecular weight excluding hydrogens is 238 g/mol. The first-order chi connectivity index (χ1) is 9.42. The largest absolute Gasteiger partial charge is 0.381 e. The van der Waals surface area contributed by atoms with Gasteiger partial charge in [-0.1, -0.05) is 30.3 Å². The van der Waals surface area contributed by atoms with Gasteiger partial charge in [0, 0.05) is 24.8 Å². The molecule has 4 nitrogen and oxygen atoms in total. The number of nitrogens with one attached hydrogen (secondary N) is 1. The van der Waals surface area contributed by atoms with Crippen molar-refractivity contribution < 1.29 is 4.74 Å². The Morgan fingerprint density at radius 1 is 1.00 bits per heavy atom. The molecule has 0 atom stereocenters. The molecule has 1 aromatic heterocycles. The van der Waals surface area contributed by atoms with Gasteiger partial charge in [0.05, 0.1) is 18.1 Å². The average Bonchev–Trinajstić information content (AvgIpc) is 2.50. The summed E-state index contributed by atoms with van der Waals surface area (Å²) in [5.41, 5.74) is 2.02. The van der Waals surface area contributed by atoms with E-state index in [1.54, 1.807) is 0 Å². The van der Waals surface area contributed by atoms with Crippen LogP contribution in [0.3, 0.4) is 0 Å². The second-order valence-corrected chi connectivity index (χ2v) is 4.69. The van der Waals surface area contributed by atoms with Gasteiger partial charge in [-0.15, -0.1) is 0 Å². The van der Waals surface area contributed by atoms with E-state index in [1.165, 1.54) is 0 Å². The molecule has 4 heteroatoms. The Morgan fingerprint density at radius 2 is 1.68 bits per heavy atom. The summed E-state index contributed by atoms with van der Waals surface area (Å²) in [5, 5.41) is 3.45. The monoisotopic (exact) mass is 255 g/mol. The normalized spacial score (nSPS) is 16.2. The Hall–Kier alpha value is -1.94. The number of aromatic nitrogens is 2. The second kappa shape index (κ2) is 5.80. The van der Waals surface area contributed by atoms with Crippen LogP contribution in [0.5, 0.6) is 0 Å². The van der Waals surface area contributed by atoms with Gasteiger partial charge in [-0.3, -0.25) is 0 Å².